The highest BCUT2D eigenvalue weighted by Gasteiger charge is 2.17. The zero-order chi connectivity index (χ0) is 9.30. The standard InChI is InChI=1S/C5H7N5O2.ClH/c1-9-3(10(11)12)2-8-5(9)4(6)7;/h2H,1H3,(H3,6,7);1H. The molecule has 0 saturated carbocycles. The smallest absolute Gasteiger partial charge is 0.343 e. The molecule has 0 aliphatic heterocycles. The van der Waals surface area contributed by atoms with Gasteiger partial charge in [0.25, 0.3) is 5.82 Å². The van der Waals surface area contributed by atoms with Gasteiger partial charge >= 0.3 is 5.82 Å². The Morgan fingerprint density at radius 3 is 2.62 bits per heavy atom. The van der Waals surface area contributed by atoms with Crippen molar-refractivity contribution in [1.29, 1.82) is 5.41 Å². The predicted octanol–water partition coefficient (Wildman–Crippen LogP) is 0.0342. The van der Waals surface area contributed by atoms with Crippen molar-refractivity contribution in [3.8, 4) is 0 Å². The maximum Gasteiger partial charge on any atom is 0.343 e. The normalized spacial score (nSPS) is 9.00. The number of imidazole rings is 1. The van der Waals surface area contributed by atoms with E-state index in [0.29, 0.717) is 0 Å². The van der Waals surface area contributed by atoms with Crippen LogP contribution in [0.2, 0.25) is 0 Å². The lowest BCUT2D eigenvalue weighted by Crippen LogP contribution is -2.17. The third-order valence-electron chi connectivity index (χ3n) is 1.39. The van der Waals surface area contributed by atoms with E-state index >= 15 is 0 Å². The Morgan fingerprint density at radius 1 is 1.85 bits per heavy atom. The Hall–Kier alpha value is -1.63. The van der Waals surface area contributed by atoms with E-state index < -0.39 is 4.92 Å². The summed E-state index contributed by atoms with van der Waals surface area (Å²) in [7, 11) is 1.43. The van der Waals surface area contributed by atoms with Crippen molar-refractivity contribution in [2.45, 2.75) is 0 Å². The van der Waals surface area contributed by atoms with E-state index in [0.717, 1.165) is 10.8 Å². The molecule has 72 valence electrons. The van der Waals surface area contributed by atoms with Crippen molar-refractivity contribution in [2.75, 3.05) is 0 Å². The number of rotatable bonds is 2. The summed E-state index contributed by atoms with van der Waals surface area (Å²) in [6, 6.07) is 0. The van der Waals surface area contributed by atoms with Crippen LogP contribution in [0.25, 0.3) is 0 Å². The molecule has 7 nitrogen and oxygen atoms in total. The second-order valence-corrected chi connectivity index (χ2v) is 2.17. The van der Waals surface area contributed by atoms with Gasteiger partial charge in [0, 0.05) is 0 Å². The molecular formula is C5H8ClN5O2. The molecule has 0 aromatic carbocycles. The van der Waals surface area contributed by atoms with Crippen LogP contribution >= 0.6 is 12.4 Å². The quantitative estimate of drug-likeness (QED) is 0.307. The van der Waals surface area contributed by atoms with Crippen molar-refractivity contribution in [3.63, 3.8) is 0 Å². The lowest BCUT2D eigenvalue weighted by molar-refractivity contribution is -0.391. The molecule has 0 spiro atoms. The molecule has 0 atom stereocenters. The van der Waals surface area contributed by atoms with E-state index in [2.05, 4.69) is 4.98 Å². The number of nitrogens with two attached hydrogens (primary N) is 1. The topological polar surface area (TPSA) is 111 Å². The van der Waals surface area contributed by atoms with Crippen LogP contribution < -0.4 is 5.73 Å². The van der Waals surface area contributed by atoms with E-state index in [1.807, 2.05) is 0 Å². The molecule has 0 unspecified atom stereocenters. The summed E-state index contributed by atoms with van der Waals surface area (Å²) in [5.74, 6) is -0.368. The molecule has 3 N–H and O–H groups in total. The zero-order valence-corrected chi connectivity index (χ0v) is 7.54. The zero-order valence-electron chi connectivity index (χ0n) is 6.72. The Bertz CT molecular complexity index is 315. The van der Waals surface area contributed by atoms with Gasteiger partial charge in [-0.1, -0.05) is 0 Å². The van der Waals surface area contributed by atoms with Crippen molar-refractivity contribution < 1.29 is 4.92 Å². The van der Waals surface area contributed by atoms with Crippen LogP contribution in [0.3, 0.4) is 0 Å². The molecule has 1 aromatic heterocycles. The van der Waals surface area contributed by atoms with Crippen LogP contribution in [0, 0.1) is 15.5 Å². The first-order chi connectivity index (χ1) is 5.54. The summed E-state index contributed by atoms with van der Waals surface area (Å²) in [6.45, 7) is 0. The van der Waals surface area contributed by atoms with Crippen molar-refractivity contribution in [2.24, 2.45) is 12.8 Å². The second kappa shape index (κ2) is 3.85. The van der Waals surface area contributed by atoms with Crippen molar-refractivity contribution >= 4 is 24.1 Å². The minimum absolute atomic E-state index is 0. The average molecular weight is 206 g/mol. The summed E-state index contributed by atoms with van der Waals surface area (Å²) >= 11 is 0. The van der Waals surface area contributed by atoms with E-state index in [1.54, 1.807) is 0 Å². The molecule has 0 amide bonds. The van der Waals surface area contributed by atoms with Gasteiger partial charge in [0.15, 0.2) is 5.84 Å². The monoisotopic (exact) mass is 205 g/mol. The Kier molecular flexibility index (Phi) is 3.37. The second-order valence-electron chi connectivity index (χ2n) is 2.17. The molecule has 1 heterocycles. The Morgan fingerprint density at radius 2 is 2.38 bits per heavy atom. The summed E-state index contributed by atoms with van der Waals surface area (Å²) in [6.07, 6.45) is 1.07. The lowest BCUT2D eigenvalue weighted by Gasteiger charge is -1.94. The molecule has 1 aromatic rings. The first kappa shape index (κ1) is 11.4. The fourth-order valence-corrected chi connectivity index (χ4v) is 0.820. The number of amidine groups is 1. The van der Waals surface area contributed by atoms with Gasteiger partial charge in [-0.15, -0.1) is 12.4 Å². The highest BCUT2D eigenvalue weighted by atomic mass is 35.5. The summed E-state index contributed by atoms with van der Waals surface area (Å²) in [4.78, 5) is 13.3. The van der Waals surface area contributed by atoms with Gasteiger partial charge < -0.3 is 15.8 Å². The Labute approximate surface area is 79.6 Å². The maximum absolute atomic E-state index is 10.3. The number of aromatic nitrogens is 2. The fraction of sp³-hybridized carbons (Fsp3) is 0.200. The molecule has 13 heavy (non-hydrogen) atoms. The summed E-state index contributed by atoms with van der Waals surface area (Å²) in [5, 5.41) is 17.3. The SMILES string of the molecule is Cl.Cn1c([N+](=O)[O-])cnc1C(=N)N. The highest BCUT2D eigenvalue weighted by Crippen LogP contribution is 2.10. The molecule has 0 aliphatic carbocycles. The molecule has 0 radical (unpaired) electrons. The summed E-state index contributed by atoms with van der Waals surface area (Å²) < 4.78 is 1.16. The van der Waals surface area contributed by atoms with Gasteiger partial charge in [-0.2, -0.15) is 0 Å². The number of nitrogens with one attached hydrogen (secondary N) is 1. The molecule has 0 aliphatic rings. The van der Waals surface area contributed by atoms with Crippen LogP contribution in [0.1, 0.15) is 5.82 Å². The van der Waals surface area contributed by atoms with E-state index in [4.69, 9.17) is 11.1 Å². The minimum Gasteiger partial charge on any atom is -0.379 e. The van der Waals surface area contributed by atoms with Crippen LogP contribution in [0.5, 0.6) is 0 Å². The lowest BCUT2D eigenvalue weighted by atomic mass is 10.5. The predicted molar refractivity (Wildman–Crippen MR) is 48.1 cm³/mol. The van der Waals surface area contributed by atoms with Gasteiger partial charge in [-0.25, -0.2) is 9.55 Å². The number of nitro groups is 1. The first-order valence-electron chi connectivity index (χ1n) is 3.04. The van der Waals surface area contributed by atoms with E-state index in [1.165, 1.54) is 7.05 Å². The fourth-order valence-electron chi connectivity index (χ4n) is 0.820. The van der Waals surface area contributed by atoms with E-state index in [-0.39, 0.29) is 29.9 Å². The third-order valence-corrected chi connectivity index (χ3v) is 1.39. The molecule has 0 saturated heterocycles. The van der Waals surface area contributed by atoms with Gasteiger partial charge in [0.1, 0.15) is 6.20 Å². The molecule has 1 rings (SSSR count). The molecule has 0 bridgehead atoms. The van der Waals surface area contributed by atoms with Crippen molar-refractivity contribution in [3.05, 3.63) is 22.1 Å². The number of nitrogens with zero attached hydrogens (tertiary/aromatic N) is 3. The van der Waals surface area contributed by atoms with Gasteiger partial charge in [0.2, 0.25) is 0 Å². The van der Waals surface area contributed by atoms with Crippen LogP contribution in [-0.2, 0) is 7.05 Å². The van der Waals surface area contributed by atoms with Crippen molar-refractivity contribution in [1.82, 2.24) is 9.55 Å². The van der Waals surface area contributed by atoms with Crippen LogP contribution in [0.4, 0.5) is 5.82 Å². The van der Waals surface area contributed by atoms with Gasteiger partial charge in [0.05, 0.1) is 7.05 Å². The van der Waals surface area contributed by atoms with Crippen LogP contribution in [0.15, 0.2) is 6.20 Å². The number of halogens is 1. The third kappa shape index (κ3) is 1.94. The molecule has 8 heteroatoms. The Balaban J connectivity index is 0.00000144. The highest BCUT2D eigenvalue weighted by molar-refractivity contribution is 5.91. The molecule has 0 fully saturated rings. The van der Waals surface area contributed by atoms with E-state index in [9.17, 15) is 10.1 Å². The largest absolute Gasteiger partial charge is 0.379 e. The molecular weight excluding hydrogens is 198 g/mol. The average Bonchev–Trinajstić information content (AvgIpc) is 2.30. The number of hydrogen-bond acceptors (Lipinski definition) is 4. The first-order valence-corrected chi connectivity index (χ1v) is 3.04. The number of nitrogen functional groups attached to an aromatic ring is 1. The van der Waals surface area contributed by atoms with Gasteiger partial charge in [-0.3, -0.25) is 5.41 Å². The summed E-state index contributed by atoms with van der Waals surface area (Å²) in [5.41, 5.74) is 5.11. The van der Waals surface area contributed by atoms with Crippen LogP contribution in [-0.4, -0.2) is 20.3 Å². The minimum atomic E-state index is -0.584. The number of hydrogen-bond donors (Lipinski definition) is 2. The maximum atomic E-state index is 10.3. The van der Waals surface area contributed by atoms with Gasteiger partial charge in [-0.05, 0) is 4.92 Å².